The molecule has 1 aromatic carbocycles. The van der Waals surface area contributed by atoms with Gasteiger partial charge < -0.3 is 20.6 Å². The third-order valence-corrected chi connectivity index (χ3v) is 4.61. The number of amides is 1. The largest absolute Gasteiger partial charge is 0.392 e. The summed E-state index contributed by atoms with van der Waals surface area (Å²) in [4.78, 5) is 18.5. The zero-order chi connectivity index (χ0) is 19.5. The van der Waals surface area contributed by atoms with Crippen molar-refractivity contribution in [2.75, 3.05) is 26.2 Å². The molecule has 1 aliphatic rings. The molecule has 0 radical (unpaired) electrons. The maximum Gasteiger partial charge on any atom is 0.222 e. The second kappa shape index (κ2) is 13.7. The zero-order valence-electron chi connectivity index (χ0n) is 16.5. The molecule has 1 heterocycles. The van der Waals surface area contributed by atoms with Crippen molar-refractivity contribution in [3.05, 3.63) is 35.1 Å². The van der Waals surface area contributed by atoms with Crippen LogP contribution < -0.4 is 10.6 Å². The fourth-order valence-corrected chi connectivity index (χ4v) is 3.11. The van der Waals surface area contributed by atoms with Gasteiger partial charge in [0.25, 0.3) is 0 Å². The van der Waals surface area contributed by atoms with E-state index in [-0.39, 0.29) is 42.1 Å². The Bertz CT molecular complexity index is 643. The van der Waals surface area contributed by atoms with Gasteiger partial charge in [-0.15, -0.1) is 24.0 Å². The highest BCUT2D eigenvalue weighted by Crippen LogP contribution is 2.12. The number of halogens is 2. The number of carbonyl (C=O) groups excluding carboxylic acids is 1. The number of aliphatic hydroxyl groups excluding tert-OH is 1. The Labute approximate surface area is 184 Å². The zero-order valence-corrected chi connectivity index (χ0v) is 18.9. The number of hydrogen-bond acceptors (Lipinski definition) is 3. The van der Waals surface area contributed by atoms with Crippen LogP contribution in [0.4, 0.5) is 4.39 Å². The van der Waals surface area contributed by atoms with Crippen LogP contribution in [0.3, 0.4) is 0 Å². The number of benzene rings is 1. The Morgan fingerprint density at radius 2 is 2.11 bits per heavy atom. The molecule has 0 aromatic heterocycles. The molecule has 28 heavy (non-hydrogen) atoms. The van der Waals surface area contributed by atoms with Crippen molar-refractivity contribution in [2.45, 2.75) is 52.2 Å². The van der Waals surface area contributed by atoms with Crippen molar-refractivity contribution in [3.63, 3.8) is 0 Å². The Balaban J connectivity index is 0.00000392. The molecular weight excluding hydrogens is 474 g/mol. The predicted molar refractivity (Wildman–Crippen MR) is 120 cm³/mol. The number of rotatable bonds is 8. The number of nitrogens with one attached hydrogen (secondary N) is 2. The van der Waals surface area contributed by atoms with Gasteiger partial charge >= 0.3 is 0 Å². The Hall–Kier alpha value is -1.42. The third-order valence-electron chi connectivity index (χ3n) is 4.61. The minimum atomic E-state index is -0.404. The number of nitrogens with zero attached hydrogens (tertiary/aromatic N) is 2. The minimum absolute atomic E-state index is 0. The van der Waals surface area contributed by atoms with Gasteiger partial charge in [0.05, 0.1) is 13.2 Å². The summed E-state index contributed by atoms with van der Waals surface area (Å²) < 4.78 is 13.5. The summed E-state index contributed by atoms with van der Waals surface area (Å²) in [5.41, 5.74) is 1.12. The minimum Gasteiger partial charge on any atom is -0.392 e. The van der Waals surface area contributed by atoms with Crippen LogP contribution in [0, 0.1) is 5.82 Å². The van der Waals surface area contributed by atoms with Crippen LogP contribution in [0.5, 0.6) is 0 Å². The summed E-state index contributed by atoms with van der Waals surface area (Å²) in [6.45, 7) is 5.16. The SMILES string of the molecule is CCNC(=NCc1ccc(F)c(CO)c1)NCCCN1CCCCCC1=O.I. The molecular formula is C20H32FIN4O2. The molecule has 0 aliphatic carbocycles. The molecule has 3 N–H and O–H groups in total. The first-order valence-electron chi connectivity index (χ1n) is 9.82. The second-order valence-electron chi connectivity index (χ2n) is 6.75. The summed E-state index contributed by atoms with van der Waals surface area (Å²) in [6.07, 6.45) is 4.77. The molecule has 0 unspecified atom stereocenters. The number of guanidine groups is 1. The lowest BCUT2D eigenvalue weighted by Gasteiger charge is -2.20. The van der Waals surface area contributed by atoms with Crippen molar-refractivity contribution in [3.8, 4) is 0 Å². The average molecular weight is 506 g/mol. The lowest BCUT2D eigenvalue weighted by molar-refractivity contribution is -0.130. The average Bonchev–Trinajstić information content (AvgIpc) is 2.88. The Kier molecular flexibility index (Phi) is 12.1. The van der Waals surface area contributed by atoms with Crippen molar-refractivity contribution < 1.29 is 14.3 Å². The molecule has 0 bridgehead atoms. The van der Waals surface area contributed by atoms with Crippen molar-refractivity contribution >= 4 is 35.8 Å². The van der Waals surface area contributed by atoms with E-state index in [2.05, 4.69) is 15.6 Å². The number of hydrogen-bond donors (Lipinski definition) is 3. The van der Waals surface area contributed by atoms with E-state index in [0.717, 1.165) is 57.4 Å². The van der Waals surface area contributed by atoms with Gasteiger partial charge in [-0.2, -0.15) is 0 Å². The van der Waals surface area contributed by atoms with Crippen molar-refractivity contribution in [1.82, 2.24) is 15.5 Å². The molecule has 1 saturated heterocycles. The second-order valence-corrected chi connectivity index (χ2v) is 6.75. The van der Waals surface area contributed by atoms with Crippen LogP contribution in [0.2, 0.25) is 0 Å². The van der Waals surface area contributed by atoms with Gasteiger partial charge in [-0.1, -0.05) is 12.5 Å². The molecule has 0 spiro atoms. The number of aliphatic imine (C=N–C) groups is 1. The van der Waals surface area contributed by atoms with Gasteiger partial charge in [-0.25, -0.2) is 9.38 Å². The van der Waals surface area contributed by atoms with Crippen LogP contribution in [0.1, 0.15) is 50.2 Å². The van der Waals surface area contributed by atoms with E-state index in [1.165, 1.54) is 6.07 Å². The topological polar surface area (TPSA) is 77.0 Å². The van der Waals surface area contributed by atoms with E-state index < -0.39 is 5.82 Å². The van der Waals surface area contributed by atoms with Gasteiger partial charge in [-0.05, 0) is 43.9 Å². The molecule has 2 rings (SSSR count). The molecule has 158 valence electrons. The fraction of sp³-hybridized carbons (Fsp3) is 0.600. The van der Waals surface area contributed by atoms with E-state index in [9.17, 15) is 9.18 Å². The van der Waals surface area contributed by atoms with Gasteiger partial charge in [0.15, 0.2) is 5.96 Å². The monoisotopic (exact) mass is 506 g/mol. The first kappa shape index (κ1) is 24.6. The van der Waals surface area contributed by atoms with Gasteiger partial charge in [0, 0.05) is 38.2 Å². The molecule has 1 amide bonds. The quantitative estimate of drug-likeness (QED) is 0.220. The fourth-order valence-electron chi connectivity index (χ4n) is 3.11. The molecule has 8 heteroatoms. The number of carbonyl (C=O) groups is 1. The molecule has 1 fully saturated rings. The van der Waals surface area contributed by atoms with Crippen LogP contribution in [0.25, 0.3) is 0 Å². The standard InChI is InChI=1S/C20H31FN4O2.HI/c1-2-22-20(24-14-16-8-9-18(21)17(13-16)15-26)23-10-6-12-25-11-5-3-4-7-19(25)27;/h8-9,13,26H,2-7,10-12,14-15H2,1H3,(H2,22,23,24);1H. The van der Waals surface area contributed by atoms with Crippen LogP contribution in [-0.2, 0) is 17.9 Å². The lowest BCUT2D eigenvalue weighted by Crippen LogP contribution is -2.39. The molecule has 1 aromatic rings. The van der Waals surface area contributed by atoms with Crippen LogP contribution >= 0.6 is 24.0 Å². The van der Waals surface area contributed by atoms with Crippen molar-refractivity contribution in [2.24, 2.45) is 4.99 Å². The lowest BCUT2D eigenvalue weighted by atomic mass is 10.1. The van der Waals surface area contributed by atoms with E-state index in [4.69, 9.17) is 5.11 Å². The predicted octanol–water partition coefficient (Wildman–Crippen LogP) is 2.78. The van der Waals surface area contributed by atoms with Crippen molar-refractivity contribution in [1.29, 1.82) is 0 Å². The first-order valence-corrected chi connectivity index (χ1v) is 9.82. The van der Waals surface area contributed by atoms with E-state index >= 15 is 0 Å². The summed E-state index contributed by atoms with van der Waals surface area (Å²) in [6, 6.07) is 4.66. The van der Waals surface area contributed by atoms with E-state index in [1.54, 1.807) is 12.1 Å². The highest BCUT2D eigenvalue weighted by molar-refractivity contribution is 14.0. The molecule has 6 nitrogen and oxygen atoms in total. The van der Waals surface area contributed by atoms with E-state index in [1.807, 2.05) is 11.8 Å². The number of aliphatic hydroxyl groups is 1. The molecule has 0 atom stereocenters. The summed E-state index contributed by atoms with van der Waals surface area (Å²) >= 11 is 0. The maximum atomic E-state index is 13.5. The highest BCUT2D eigenvalue weighted by Gasteiger charge is 2.15. The summed E-state index contributed by atoms with van der Waals surface area (Å²) in [5.74, 6) is 0.553. The van der Waals surface area contributed by atoms with Crippen LogP contribution in [0.15, 0.2) is 23.2 Å². The third kappa shape index (κ3) is 8.30. The van der Waals surface area contributed by atoms with E-state index in [0.29, 0.717) is 18.9 Å². The maximum absolute atomic E-state index is 13.5. The van der Waals surface area contributed by atoms with Gasteiger partial charge in [0.2, 0.25) is 5.91 Å². The summed E-state index contributed by atoms with van der Waals surface area (Å²) in [7, 11) is 0. The van der Waals surface area contributed by atoms with Gasteiger partial charge in [0.1, 0.15) is 5.82 Å². The summed E-state index contributed by atoms with van der Waals surface area (Å²) in [5, 5.41) is 15.6. The van der Waals surface area contributed by atoms with Crippen LogP contribution in [-0.4, -0.2) is 48.1 Å². The number of likely N-dealkylation sites (tertiary alicyclic amines) is 1. The normalized spacial score (nSPS) is 15.0. The Morgan fingerprint density at radius 1 is 1.29 bits per heavy atom. The smallest absolute Gasteiger partial charge is 0.222 e. The first-order chi connectivity index (χ1) is 13.1. The van der Waals surface area contributed by atoms with Gasteiger partial charge in [-0.3, -0.25) is 4.79 Å². The highest BCUT2D eigenvalue weighted by atomic mass is 127. The molecule has 1 aliphatic heterocycles. The molecule has 0 saturated carbocycles. The Morgan fingerprint density at radius 3 is 2.86 bits per heavy atom.